The van der Waals surface area contributed by atoms with Crippen molar-refractivity contribution >= 4 is 28.1 Å². The molecule has 0 fully saturated rings. The van der Waals surface area contributed by atoms with Crippen LogP contribution in [0.1, 0.15) is 29.5 Å². The number of nitrogens with zero attached hydrogens (tertiary/aromatic N) is 1. The van der Waals surface area contributed by atoms with Crippen LogP contribution in [-0.4, -0.2) is 25.8 Å². The Balaban J connectivity index is 1.81. The highest BCUT2D eigenvalue weighted by molar-refractivity contribution is 9.10. The Hall–Kier alpha value is -3.12. The number of amides is 1. The van der Waals surface area contributed by atoms with Gasteiger partial charge in [0.25, 0.3) is 5.91 Å². The fourth-order valence-electron chi connectivity index (χ4n) is 3.14. The molecule has 1 N–H and O–H groups in total. The van der Waals surface area contributed by atoms with Gasteiger partial charge in [-0.25, -0.2) is 5.43 Å². The standard InChI is InChI=1S/C24H23BrN2O3/c1-3-30-21-15-17(14-20(25)23(21)29-2)16-26-27-24(28)22(18-10-6-4-7-11-18)19-12-8-5-9-13-19/h4-16,22H,3H2,1-2H3,(H,27,28)/b26-16+. The van der Waals surface area contributed by atoms with Gasteiger partial charge in [-0.05, 0) is 51.7 Å². The number of carbonyl (C=O) groups is 1. The maximum atomic E-state index is 13.0. The predicted octanol–water partition coefficient (Wildman–Crippen LogP) is 5.14. The lowest BCUT2D eigenvalue weighted by molar-refractivity contribution is -0.121. The summed E-state index contributed by atoms with van der Waals surface area (Å²) < 4.78 is 11.7. The fourth-order valence-corrected chi connectivity index (χ4v) is 3.77. The van der Waals surface area contributed by atoms with Gasteiger partial charge in [0.05, 0.1) is 30.3 Å². The molecule has 3 rings (SSSR count). The molecule has 0 atom stereocenters. The zero-order chi connectivity index (χ0) is 21.3. The summed E-state index contributed by atoms with van der Waals surface area (Å²) >= 11 is 3.48. The van der Waals surface area contributed by atoms with Crippen molar-refractivity contribution in [3.05, 3.63) is 94.0 Å². The van der Waals surface area contributed by atoms with Crippen molar-refractivity contribution in [3.63, 3.8) is 0 Å². The maximum Gasteiger partial charge on any atom is 0.252 e. The van der Waals surface area contributed by atoms with Crippen molar-refractivity contribution in [1.29, 1.82) is 0 Å². The summed E-state index contributed by atoms with van der Waals surface area (Å²) in [5.41, 5.74) is 5.25. The van der Waals surface area contributed by atoms with Crippen molar-refractivity contribution < 1.29 is 14.3 Å². The summed E-state index contributed by atoms with van der Waals surface area (Å²) in [4.78, 5) is 13.0. The number of hydrogen-bond donors (Lipinski definition) is 1. The van der Waals surface area contributed by atoms with Gasteiger partial charge in [-0.15, -0.1) is 0 Å². The number of rotatable bonds is 8. The molecule has 154 valence electrons. The van der Waals surface area contributed by atoms with Crippen molar-refractivity contribution in [1.82, 2.24) is 5.43 Å². The van der Waals surface area contributed by atoms with E-state index >= 15 is 0 Å². The normalized spacial score (nSPS) is 10.9. The van der Waals surface area contributed by atoms with Crippen LogP contribution < -0.4 is 14.9 Å². The van der Waals surface area contributed by atoms with E-state index in [1.807, 2.05) is 79.7 Å². The number of methoxy groups -OCH3 is 1. The first-order valence-corrected chi connectivity index (χ1v) is 10.4. The third-order valence-electron chi connectivity index (χ3n) is 4.45. The van der Waals surface area contributed by atoms with Crippen LogP contribution in [0.25, 0.3) is 0 Å². The summed E-state index contributed by atoms with van der Waals surface area (Å²) in [5, 5.41) is 4.17. The molecule has 30 heavy (non-hydrogen) atoms. The molecule has 6 heteroatoms. The van der Waals surface area contributed by atoms with E-state index in [2.05, 4.69) is 26.5 Å². The minimum absolute atomic E-state index is 0.207. The molecule has 0 unspecified atom stereocenters. The van der Waals surface area contributed by atoms with Gasteiger partial charge in [0.1, 0.15) is 0 Å². The molecular formula is C24H23BrN2O3. The number of hydrazone groups is 1. The molecule has 0 heterocycles. The lowest BCUT2D eigenvalue weighted by Gasteiger charge is -2.16. The van der Waals surface area contributed by atoms with Gasteiger partial charge in [0, 0.05) is 0 Å². The lowest BCUT2D eigenvalue weighted by Crippen LogP contribution is -2.26. The predicted molar refractivity (Wildman–Crippen MR) is 122 cm³/mol. The van der Waals surface area contributed by atoms with E-state index in [-0.39, 0.29) is 5.91 Å². The van der Waals surface area contributed by atoms with Gasteiger partial charge in [-0.1, -0.05) is 60.7 Å². The Morgan fingerprint density at radius 3 is 2.20 bits per heavy atom. The van der Waals surface area contributed by atoms with Crippen molar-refractivity contribution in [2.45, 2.75) is 12.8 Å². The molecule has 0 aliphatic rings. The number of benzene rings is 3. The van der Waals surface area contributed by atoms with Crippen LogP contribution in [0.15, 0.2) is 82.4 Å². The monoisotopic (exact) mass is 466 g/mol. The largest absolute Gasteiger partial charge is 0.492 e. The van der Waals surface area contributed by atoms with E-state index in [0.29, 0.717) is 18.1 Å². The molecule has 0 spiro atoms. The Bertz CT molecular complexity index is 968. The number of nitrogens with one attached hydrogen (secondary N) is 1. The van der Waals surface area contributed by atoms with Crippen LogP contribution in [0.3, 0.4) is 0 Å². The van der Waals surface area contributed by atoms with Crippen LogP contribution >= 0.6 is 15.9 Å². The second-order valence-electron chi connectivity index (χ2n) is 6.46. The number of halogens is 1. The summed E-state index contributed by atoms with van der Waals surface area (Å²) in [5.74, 6) is 0.562. The summed E-state index contributed by atoms with van der Waals surface area (Å²) in [6, 6.07) is 23.0. The van der Waals surface area contributed by atoms with E-state index in [1.54, 1.807) is 13.3 Å². The van der Waals surface area contributed by atoms with E-state index < -0.39 is 5.92 Å². The van der Waals surface area contributed by atoms with Crippen LogP contribution in [0.4, 0.5) is 0 Å². The fraction of sp³-hybridized carbons (Fsp3) is 0.167. The second kappa shape index (κ2) is 10.6. The minimum Gasteiger partial charge on any atom is -0.492 e. The SMILES string of the molecule is CCOc1cc(/C=N/NC(=O)C(c2ccccc2)c2ccccc2)cc(Br)c1OC. The van der Waals surface area contributed by atoms with Gasteiger partial charge in [-0.2, -0.15) is 5.10 Å². The number of ether oxygens (including phenoxy) is 2. The average Bonchev–Trinajstić information content (AvgIpc) is 2.76. The zero-order valence-electron chi connectivity index (χ0n) is 16.8. The van der Waals surface area contributed by atoms with Crippen LogP contribution in [-0.2, 0) is 4.79 Å². The molecule has 0 aliphatic heterocycles. The smallest absolute Gasteiger partial charge is 0.252 e. The van der Waals surface area contributed by atoms with Crippen LogP contribution in [0, 0.1) is 0 Å². The zero-order valence-corrected chi connectivity index (χ0v) is 18.4. The Morgan fingerprint density at radius 2 is 1.67 bits per heavy atom. The molecule has 0 radical (unpaired) electrons. The highest BCUT2D eigenvalue weighted by atomic mass is 79.9. The van der Waals surface area contributed by atoms with E-state index in [4.69, 9.17) is 9.47 Å². The maximum absolute atomic E-state index is 13.0. The van der Waals surface area contributed by atoms with Gasteiger partial charge < -0.3 is 9.47 Å². The lowest BCUT2D eigenvalue weighted by atomic mass is 9.91. The van der Waals surface area contributed by atoms with Gasteiger partial charge in [0.15, 0.2) is 11.5 Å². The number of hydrogen-bond acceptors (Lipinski definition) is 4. The van der Waals surface area contributed by atoms with Crippen molar-refractivity contribution in [2.24, 2.45) is 5.10 Å². The first-order chi connectivity index (χ1) is 14.6. The molecule has 3 aromatic rings. The Kier molecular flexibility index (Phi) is 7.63. The van der Waals surface area contributed by atoms with Crippen LogP contribution in [0.2, 0.25) is 0 Å². The Labute approximate surface area is 184 Å². The summed E-state index contributed by atoms with van der Waals surface area (Å²) in [6.45, 7) is 2.41. The quantitative estimate of drug-likeness (QED) is 0.369. The first kappa shape index (κ1) is 21.6. The van der Waals surface area contributed by atoms with Gasteiger partial charge in [0.2, 0.25) is 0 Å². The molecule has 0 saturated carbocycles. The molecule has 0 aliphatic carbocycles. The molecule has 3 aromatic carbocycles. The van der Waals surface area contributed by atoms with Crippen LogP contribution in [0.5, 0.6) is 11.5 Å². The van der Waals surface area contributed by atoms with Gasteiger partial charge >= 0.3 is 0 Å². The molecule has 1 amide bonds. The molecule has 0 bridgehead atoms. The molecule has 0 saturated heterocycles. The Morgan fingerprint density at radius 1 is 1.07 bits per heavy atom. The van der Waals surface area contributed by atoms with Gasteiger partial charge in [-0.3, -0.25) is 4.79 Å². The molecular weight excluding hydrogens is 444 g/mol. The van der Waals surface area contributed by atoms with E-state index in [1.165, 1.54) is 0 Å². The van der Waals surface area contributed by atoms with E-state index in [9.17, 15) is 4.79 Å². The summed E-state index contributed by atoms with van der Waals surface area (Å²) in [7, 11) is 1.59. The minimum atomic E-state index is -0.453. The summed E-state index contributed by atoms with van der Waals surface area (Å²) in [6.07, 6.45) is 1.58. The third-order valence-corrected chi connectivity index (χ3v) is 5.04. The third kappa shape index (κ3) is 5.27. The molecule has 0 aromatic heterocycles. The second-order valence-corrected chi connectivity index (χ2v) is 7.31. The number of carbonyl (C=O) groups excluding carboxylic acids is 1. The van der Waals surface area contributed by atoms with Crippen molar-refractivity contribution in [3.8, 4) is 11.5 Å². The average molecular weight is 467 g/mol. The topological polar surface area (TPSA) is 59.9 Å². The first-order valence-electron chi connectivity index (χ1n) is 9.57. The van der Waals surface area contributed by atoms with E-state index in [0.717, 1.165) is 21.2 Å². The highest BCUT2D eigenvalue weighted by Crippen LogP contribution is 2.36. The van der Waals surface area contributed by atoms with Crippen molar-refractivity contribution in [2.75, 3.05) is 13.7 Å². The molecule has 5 nitrogen and oxygen atoms in total. The highest BCUT2D eigenvalue weighted by Gasteiger charge is 2.22.